The van der Waals surface area contributed by atoms with Crippen LogP contribution in [0.3, 0.4) is 0 Å². The molecule has 8 heteroatoms. The topological polar surface area (TPSA) is 110 Å². The fourth-order valence-corrected chi connectivity index (χ4v) is 5.86. The Labute approximate surface area is 185 Å². The minimum Gasteiger partial charge on any atom is -0.393 e. The van der Waals surface area contributed by atoms with Gasteiger partial charge in [-0.25, -0.2) is 9.87 Å². The van der Waals surface area contributed by atoms with E-state index in [-0.39, 0.29) is 23.6 Å². The number of benzene rings is 1. The molecule has 1 aliphatic rings. The van der Waals surface area contributed by atoms with E-state index in [4.69, 9.17) is 5.21 Å². The standard InChI is InChI=1S/C23H32FNO5S/c24-17-7-5-8-21-16(17)12-22(31-21)18(26)11-10-15-14(19(27)13-20(15)28)6-3-1-2-4-9-23(29)25-30/h5,7-8,12,14-15,18-20,26-28,30H,1-4,6,9-11,13H2,(H,25,29). The third-order valence-electron chi connectivity index (χ3n) is 6.47. The van der Waals surface area contributed by atoms with Crippen LogP contribution in [0, 0.1) is 17.7 Å². The second-order valence-corrected chi connectivity index (χ2v) is 9.69. The van der Waals surface area contributed by atoms with Gasteiger partial charge >= 0.3 is 0 Å². The SMILES string of the molecule is O=C(CCCCCCC1C(O)CC(O)C1CCC(O)c1cc2c(F)cccc2s1)NO. The predicted molar refractivity (Wildman–Crippen MR) is 117 cm³/mol. The van der Waals surface area contributed by atoms with E-state index >= 15 is 0 Å². The largest absolute Gasteiger partial charge is 0.393 e. The van der Waals surface area contributed by atoms with E-state index in [1.165, 1.54) is 17.4 Å². The third kappa shape index (κ3) is 6.23. The number of hydroxylamine groups is 1. The number of hydrogen-bond acceptors (Lipinski definition) is 6. The van der Waals surface area contributed by atoms with Crippen LogP contribution in [0.5, 0.6) is 0 Å². The molecule has 5 unspecified atom stereocenters. The summed E-state index contributed by atoms with van der Waals surface area (Å²) in [6, 6.07) is 6.61. The molecule has 1 heterocycles. The summed E-state index contributed by atoms with van der Waals surface area (Å²) in [6.45, 7) is 0. The van der Waals surface area contributed by atoms with Gasteiger partial charge in [-0.05, 0) is 62.1 Å². The molecule has 5 N–H and O–H groups in total. The van der Waals surface area contributed by atoms with E-state index in [1.807, 2.05) is 6.07 Å². The molecule has 1 aromatic carbocycles. The summed E-state index contributed by atoms with van der Waals surface area (Å²) in [5.41, 5.74) is 1.62. The Morgan fingerprint density at radius 3 is 2.55 bits per heavy atom. The van der Waals surface area contributed by atoms with Crippen molar-refractivity contribution in [1.82, 2.24) is 5.48 Å². The molecule has 3 rings (SSSR count). The fraction of sp³-hybridized carbons (Fsp3) is 0.609. The van der Waals surface area contributed by atoms with Crippen molar-refractivity contribution < 1.29 is 29.7 Å². The third-order valence-corrected chi connectivity index (χ3v) is 7.67. The van der Waals surface area contributed by atoms with Gasteiger partial charge in [0.2, 0.25) is 5.91 Å². The summed E-state index contributed by atoms with van der Waals surface area (Å²) in [5, 5.41) is 40.5. The van der Waals surface area contributed by atoms with Gasteiger partial charge in [0.05, 0.1) is 18.3 Å². The molecule has 6 nitrogen and oxygen atoms in total. The molecule has 31 heavy (non-hydrogen) atoms. The number of unbranched alkanes of at least 4 members (excludes halogenated alkanes) is 3. The van der Waals surface area contributed by atoms with Gasteiger partial charge in [-0.3, -0.25) is 10.0 Å². The molecule has 0 aliphatic heterocycles. The molecule has 0 bridgehead atoms. The van der Waals surface area contributed by atoms with Crippen LogP contribution in [0.1, 0.15) is 68.8 Å². The number of carbonyl (C=O) groups is 1. The van der Waals surface area contributed by atoms with E-state index in [1.54, 1.807) is 17.6 Å². The lowest BCUT2D eigenvalue weighted by molar-refractivity contribution is -0.129. The highest BCUT2D eigenvalue weighted by atomic mass is 32.1. The zero-order valence-corrected chi connectivity index (χ0v) is 18.4. The highest BCUT2D eigenvalue weighted by Gasteiger charge is 2.41. The lowest BCUT2D eigenvalue weighted by Gasteiger charge is -2.24. The molecule has 0 spiro atoms. The molecular weight excluding hydrogens is 421 g/mol. The van der Waals surface area contributed by atoms with Gasteiger partial charge < -0.3 is 15.3 Å². The van der Waals surface area contributed by atoms with Crippen molar-refractivity contribution >= 4 is 27.3 Å². The van der Waals surface area contributed by atoms with Gasteiger partial charge in [0.25, 0.3) is 0 Å². The Balaban J connectivity index is 1.48. The van der Waals surface area contributed by atoms with E-state index in [9.17, 15) is 24.5 Å². The maximum absolute atomic E-state index is 13.9. The number of nitrogens with one attached hydrogen (secondary N) is 1. The Kier molecular flexibility index (Phi) is 8.80. The Bertz CT molecular complexity index is 860. The first-order valence-corrected chi connectivity index (χ1v) is 11.9. The first kappa shape index (κ1) is 24.1. The summed E-state index contributed by atoms with van der Waals surface area (Å²) in [7, 11) is 0. The molecule has 5 atom stereocenters. The van der Waals surface area contributed by atoms with Crippen molar-refractivity contribution in [3.63, 3.8) is 0 Å². The molecule has 2 aromatic rings. The number of halogens is 1. The zero-order chi connectivity index (χ0) is 22.4. The highest BCUT2D eigenvalue weighted by molar-refractivity contribution is 7.19. The summed E-state index contributed by atoms with van der Waals surface area (Å²) in [4.78, 5) is 11.7. The molecule has 1 fully saturated rings. The Morgan fingerprint density at radius 2 is 1.84 bits per heavy atom. The van der Waals surface area contributed by atoms with Crippen molar-refractivity contribution in [2.24, 2.45) is 11.8 Å². The van der Waals surface area contributed by atoms with Crippen LogP contribution in [0.15, 0.2) is 24.3 Å². The second-order valence-electron chi connectivity index (χ2n) is 8.58. The number of aliphatic hydroxyl groups excluding tert-OH is 3. The molecule has 0 saturated heterocycles. The lowest BCUT2D eigenvalue weighted by Crippen LogP contribution is -2.23. The van der Waals surface area contributed by atoms with Gasteiger partial charge in [0.1, 0.15) is 5.82 Å². The molecule has 1 saturated carbocycles. The van der Waals surface area contributed by atoms with Gasteiger partial charge in [-0.1, -0.05) is 25.3 Å². The minimum absolute atomic E-state index is 0.0113. The number of aliphatic hydroxyl groups is 3. The minimum atomic E-state index is -0.722. The van der Waals surface area contributed by atoms with Crippen LogP contribution >= 0.6 is 11.3 Å². The van der Waals surface area contributed by atoms with E-state index in [0.717, 1.165) is 35.3 Å². The van der Waals surface area contributed by atoms with Crippen molar-refractivity contribution in [1.29, 1.82) is 0 Å². The number of thiophene rings is 1. The Hall–Kier alpha value is -1.58. The second kappa shape index (κ2) is 11.3. The molecule has 0 radical (unpaired) electrons. The van der Waals surface area contributed by atoms with Crippen LogP contribution < -0.4 is 5.48 Å². The van der Waals surface area contributed by atoms with Gasteiger partial charge in [-0.15, -0.1) is 11.3 Å². The summed E-state index contributed by atoms with van der Waals surface area (Å²) in [5.74, 6) is -0.758. The molecule has 1 aromatic heterocycles. The summed E-state index contributed by atoms with van der Waals surface area (Å²) < 4.78 is 14.7. The molecule has 1 aliphatic carbocycles. The summed E-state index contributed by atoms with van der Waals surface area (Å²) in [6.07, 6.45) is 4.02. The number of carbonyl (C=O) groups excluding carboxylic acids is 1. The van der Waals surface area contributed by atoms with Crippen LogP contribution in [0.25, 0.3) is 10.1 Å². The average molecular weight is 454 g/mol. The number of rotatable bonds is 11. The van der Waals surface area contributed by atoms with Gasteiger partial charge in [0, 0.05) is 21.4 Å². The zero-order valence-electron chi connectivity index (χ0n) is 17.5. The van der Waals surface area contributed by atoms with Gasteiger partial charge in [0.15, 0.2) is 0 Å². The maximum Gasteiger partial charge on any atom is 0.243 e. The molecule has 1 amide bonds. The van der Waals surface area contributed by atoms with Crippen molar-refractivity contribution in [2.45, 2.75) is 76.1 Å². The van der Waals surface area contributed by atoms with Crippen LogP contribution in [-0.2, 0) is 4.79 Å². The smallest absolute Gasteiger partial charge is 0.243 e. The molecular formula is C23H32FNO5S. The fourth-order valence-electron chi connectivity index (χ4n) is 4.76. The highest BCUT2D eigenvalue weighted by Crippen LogP contribution is 2.41. The number of amides is 1. The van der Waals surface area contributed by atoms with Crippen LogP contribution in [0.4, 0.5) is 4.39 Å². The summed E-state index contributed by atoms with van der Waals surface area (Å²) >= 11 is 1.38. The predicted octanol–water partition coefficient (Wildman–Crippen LogP) is 4.06. The van der Waals surface area contributed by atoms with Crippen molar-refractivity contribution in [3.05, 3.63) is 35.0 Å². The first-order chi connectivity index (χ1) is 14.9. The van der Waals surface area contributed by atoms with Crippen LogP contribution in [0.2, 0.25) is 0 Å². The number of hydrogen-bond donors (Lipinski definition) is 5. The van der Waals surface area contributed by atoms with Crippen molar-refractivity contribution in [3.8, 4) is 0 Å². The van der Waals surface area contributed by atoms with E-state index in [2.05, 4.69) is 0 Å². The lowest BCUT2D eigenvalue weighted by atomic mass is 9.84. The maximum atomic E-state index is 13.9. The molecule has 172 valence electrons. The normalized spacial score (nSPS) is 24.5. The number of fused-ring (bicyclic) bond motifs is 1. The first-order valence-electron chi connectivity index (χ1n) is 11.1. The van der Waals surface area contributed by atoms with Gasteiger partial charge in [-0.2, -0.15) is 0 Å². The van der Waals surface area contributed by atoms with E-state index < -0.39 is 18.3 Å². The Morgan fingerprint density at radius 1 is 1.13 bits per heavy atom. The van der Waals surface area contributed by atoms with Crippen LogP contribution in [-0.4, -0.2) is 38.6 Å². The average Bonchev–Trinajstić information content (AvgIpc) is 3.30. The van der Waals surface area contributed by atoms with Crippen molar-refractivity contribution in [2.75, 3.05) is 0 Å². The quantitative estimate of drug-likeness (QED) is 0.200. The van der Waals surface area contributed by atoms with E-state index in [0.29, 0.717) is 37.5 Å². The monoisotopic (exact) mass is 453 g/mol.